The summed E-state index contributed by atoms with van der Waals surface area (Å²) in [5, 5.41) is 4.71. The zero-order valence-corrected chi connectivity index (χ0v) is 20.3. The van der Waals surface area contributed by atoms with Gasteiger partial charge in [-0.2, -0.15) is 13.2 Å². The molecular weight excluding hydrogens is 475 g/mol. The lowest BCUT2D eigenvalue weighted by molar-refractivity contribution is -0.136. The fourth-order valence-corrected chi connectivity index (χ4v) is 4.80. The number of carbonyl (C=O) groups excluding carboxylic acids is 1. The number of anilines is 1. The van der Waals surface area contributed by atoms with Crippen LogP contribution in [0.2, 0.25) is 0 Å². The molecule has 0 aliphatic rings. The molecule has 0 atom stereocenters. The first-order chi connectivity index (χ1) is 17.8. The van der Waals surface area contributed by atoms with Crippen LogP contribution in [-0.2, 0) is 25.8 Å². The van der Waals surface area contributed by atoms with Crippen molar-refractivity contribution in [3.8, 4) is 0 Å². The normalized spacial score (nSPS) is 11.7. The first-order valence-electron chi connectivity index (χ1n) is 12.1. The fourth-order valence-electron chi connectivity index (χ4n) is 4.80. The molecule has 0 saturated heterocycles. The minimum absolute atomic E-state index is 0.233. The van der Waals surface area contributed by atoms with Crippen LogP contribution in [0.25, 0.3) is 21.8 Å². The molecule has 5 aromatic rings. The van der Waals surface area contributed by atoms with Gasteiger partial charge in [0.25, 0.3) is 0 Å². The van der Waals surface area contributed by atoms with Crippen molar-refractivity contribution < 1.29 is 18.0 Å². The van der Waals surface area contributed by atoms with Crippen molar-refractivity contribution in [1.29, 1.82) is 0 Å². The number of benzene rings is 4. The van der Waals surface area contributed by atoms with Crippen LogP contribution in [0.5, 0.6) is 0 Å². The van der Waals surface area contributed by atoms with Gasteiger partial charge in [0.05, 0.1) is 11.3 Å². The van der Waals surface area contributed by atoms with Crippen molar-refractivity contribution in [3.63, 3.8) is 0 Å². The number of rotatable bonds is 6. The van der Waals surface area contributed by atoms with E-state index in [4.69, 9.17) is 0 Å². The number of carbonyl (C=O) groups is 1. The number of nitrogens with one attached hydrogen (secondary N) is 1. The minimum Gasteiger partial charge on any atom is -0.341 e. The highest BCUT2D eigenvalue weighted by atomic mass is 19.4. The molecule has 1 heterocycles. The van der Waals surface area contributed by atoms with Crippen LogP contribution < -0.4 is 5.32 Å². The van der Waals surface area contributed by atoms with E-state index < -0.39 is 17.8 Å². The summed E-state index contributed by atoms with van der Waals surface area (Å²) < 4.78 is 42.8. The Labute approximate surface area is 212 Å². The molecule has 37 heavy (non-hydrogen) atoms. The number of hydrogen-bond donors (Lipinski definition) is 1. The average Bonchev–Trinajstić information content (AvgIpc) is 3.21. The Morgan fingerprint density at radius 1 is 0.784 bits per heavy atom. The van der Waals surface area contributed by atoms with Crippen LogP contribution in [0.1, 0.15) is 23.6 Å². The summed E-state index contributed by atoms with van der Waals surface area (Å²) in [6.07, 6.45) is -4.58. The standard InChI is InChI=1S/C30H26F3N3O/c1-2-36-27-15-9-6-12-23(27)24-18-22(16-17-28(24)36)20-35(19-21-10-4-3-5-11-21)29(37)34-26-14-8-7-13-25(26)30(31,32)33/h3-18H,2,19-20H2,1H3,(H,34,37). The smallest absolute Gasteiger partial charge is 0.341 e. The van der Waals surface area contributed by atoms with Gasteiger partial charge in [-0.05, 0) is 48.4 Å². The van der Waals surface area contributed by atoms with Gasteiger partial charge in [0, 0.05) is 41.4 Å². The highest BCUT2D eigenvalue weighted by Gasteiger charge is 2.34. The van der Waals surface area contributed by atoms with Gasteiger partial charge in [0.1, 0.15) is 0 Å². The minimum atomic E-state index is -4.58. The number of urea groups is 1. The Balaban J connectivity index is 1.50. The summed E-state index contributed by atoms with van der Waals surface area (Å²) in [5.74, 6) is 0. The lowest BCUT2D eigenvalue weighted by Gasteiger charge is -2.24. The number of aromatic nitrogens is 1. The molecule has 0 fully saturated rings. The molecule has 0 bridgehead atoms. The van der Waals surface area contributed by atoms with Crippen LogP contribution in [-0.4, -0.2) is 15.5 Å². The van der Waals surface area contributed by atoms with E-state index in [0.717, 1.165) is 45.5 Å². The van der Waals surface area contributed by atoms with Gasteiger partial charge in [0.2, 0.25) is 0 Å². The molecule has 0 aliphatic heterocycles. The van der Waals surface area contributed by atoms with Gasteiger partial charge >= 0.3 is 12.2 Å². The van der Waals surface area contributed by atoms with E-state index in [1.807, 2.05) is 54.6 Å². The van der Waals surface area contributed by atoms with Crippen LogP contribution in [0.15, 0.2) is 97.1 Å². The van der Waals surface area contributed by atoms with Crippen molar-refractivity contribution >= 4 is 33.5 Å². The maximum atomic E-state index is 13.5. The Morgan fingerprint density at radius 2 is 1.43 bits per heavy atom. The van der Waals surface area contributed by atoms with E-state index in [9.17, 15) is 18.0 Å². The maximum absolute atomic E-state index is 13.5. The van der Waals surface area contributed by atoms with Gasteiger partial charge in [-0.3, -0.25) is 0 Å². The Kier molecular flexibility index (Phi) is 6.61. The lowest BCUT2D eigenvalue weighted by Crippen LogP contribution is -2.34. The number of halogens is 3. The third-order valence-electron chi connectivity index (χ3n) is 6.50. The third-order valence-corrected chi connectivity index (χ3v) is 6.50. The highest BCUT2D eigenvalue weighted by Crippen LogP contribution is 2.35. The van der Waals surface area contributed by atoms with Crippen molar-refractivity contribution in [2.75, 3.05) is 5.32 Å². The second-order valence-corrected chi connectivity index (χ2v) is 8.93. The third kappa shape index (κ3) is 5.03. The number of aryl methyl sites for hydroxylation is 1. The van der Waals surface area contributed by atoms with Gasteiger partial charge < -0.3 is 14.8 Å². The number of fused-ring (bicyclic) bond motifs is 3. The van der Waals surface area contributed by atoms with Gasteiger partial charge in [-0.25, -0.2) is 4.79 Å². The average molecular weight is 502 g/mol. The zero-order valence-electron chi connectivity index (χ0n) is 20.3. The lowest BCUT2D eigenvalue weighted by atomic mass is 10.1. The quantitative estimate of drug-likeness (QED) is 0.251. The number of para-hydroxylation sites is 2. The molecule has 1 aromatic heterocycles. The molecular formula is C30H26F3N3O. The zero-order chi connectivity index (χ0) is 26.0. The van der Waals surface area contributed by atoms with E-state index >= 15 is 0 Å². The van der Waals surface area contributed by atoms with Crippen LogP contribution >= 0.6 is 0 Å². The first kappa shape index (κ1) is 24.4. The predicted octanol–water partition coefficient (Wildman–Crippen LogP) is 8.07. The Hall–Kier alpha value is -4.26. The van der Waals surface area contributed by atoms with Crippen molar-refractivity contribution in [2.45, 2.75) is 32.7 Å². The Bertz CT molecular complexity index is 1560. The molecule has 2 amide bonds. The predicted molar refractivity (Wildman–Crippen MR) is 141 cm³/mol. The number of amides is 2. The first-order valence-corrected chi connectivity index (χ1v) is 12.1. The van der Waals surface area contributed by atoms with Crippen molar-refractivity contribution in [3.05, 3.63) is 114 Å². The molecule has 1 N–H and O–H groups in total. The van der Waals surface area contributed by atoms with E-state index in [1.165, 1.54) is 23.1 Å². The van der Waals surface area contributed by atoms with E-state index in [1.54, 1.807) is 0 Å². The number of hydrogen-bond acceptors (Lipinski definition) is 1. The molecule has 0 saturated carbocycles. The van der Waals surface area contributed by atoms with Crippen LogP contribution in [0.3, 0.4) is 0 Å². The molecule has 0 unspecified atom stereocenters. The van der Waals surface area contributed by atoms with Gasteiger partial charge in [-0.15, -0.1) is 0 Å². The van der Waals surface area contributed by atoms with Crippen LogP contribution in [0, 0.1) is 0 Å². The molecule has 5 rings (SSSR count). The second kappa shape index (κ2) is 10.0. The Morgan fingerprint density at radius 3 is 2.19 bits per heavy atom. The summed E-state index contributed by atoms with van der Waals surface area (Å²) in [5.41, 5.74) is 2.87. The van der Waals surface area contributed by atoms with E-state index in [-0.39, 0.29) is 18.8 Å². The fraction of sp³-hybridized carbons (Fsp3) is 0.167. The molecule has 0 spiro atoms. The largest absolute Gasteiger partial charge is 0.418 e. The molecule has 4 nitrogen and oxygen atoms in total. The van der Waals surface area contributed by atoms with E-state index in [0.29, 0.717) is 0 Å². The monoisotopic (exact) mass is 501 g/mol. The highest BCUT2D eigenvalue weighted by molar-refractivity contribution is 6.08. The van der Waals surface area contributed by atoms with E-state index in [2.05, 4.69) is 35.0 Å². The second-order valence-electron chi connectivity index (χ2n) is 8.93. The summed E-state index contributed by atoms with van der Waals surface area (Å²) in [6.45, 7) is 3.40. The molecule has 0 aliphatic carbocycles. The molecule has 0 radical (unpaired) electrons. The number of alkyl halides is 3. The summed E-state index contributed by atoms with van der Waals surface area (Å²) in [4.78, 5) is 14.9. The SMILES string of the molecule is CCn1c2ccccc2c2cc(CN(Cc3ccccc3)C(=O)Nc3ccccc3C(F)(F)F)ccc21. The van der Waals surface area contributed by atoms with Gasteiger partial charge in [0.15, 0.2) is 0 Å². The van der Waals surface area contributed by atoms with Crippen molar-refractivity contribution in [2.24, 2.45) is 0 Å². The molecule has 188 valence electrons. The summed E-state index contributed by atoms with van der Waals surface area (Å²) >= 11 is 0. The topological polar surface area (TPSA) is 37.3 Å². The maximum Gasteiger partial charge on any atom is 0.418 e. The summed E-state index contributed by atoms with van der Waals surface area (Å²) in [6, 6.07) is 28.1. The van der Waals surface area contributed by atoms with Crippen LogP contribution in [0.4, 0.5) is 23.7 Å². The number of nitrogens with zero attached hydrogens (tertiary/aromatic N) is 2. The molecule has 4 aromatic carbocycles. The summed E-state index contributed by atoms with van der Waals surface area (Å²) in [7, 11) is 0. The van der Waals surface area contributed by atoms with Gasteiger partial charge in [-0.1, -0.05) is 66.7 Å². The van der Waals surface area contributed by atoms with Crippen molar-refractivity contribution in [1.82, 2.24) is 9.47 Å². The molecule has 7 heteroatoms.